The molecule has 0 saturated carbocycles. The molecule has 1 unspecified atom stereocenters. The van der Waals surface area contributed by atoms with Crippen LogP contribution >= 0.6 is 0 Å². The van der Waals surface area contributed by atoms with Gasteiger partial charge < -0.3 is 15.2 Å². The predicted molar refractivity (Wildman–Crippen MR) is 128 cm³/mol. The Bertz CT molecular complexity index is 1400. The van der Waals surface area contributed by atoms with E-state index in [0.717, 1.165) is 6.54 Å². The van der Waals surface area contributed by atoms with Gasteiger partial charge in [0.2, 0.25) is 5.95 Å². The molecule has 1 fully saturated rings. The highest BCUT2D eigenvalue weighted by molar-refractivity contribution is 5.89. The summed E-state index contributed by atoms with van der Waals surface area (Å²) in [4.78, 5) is 9.91. The zero-order chi connectivity index (χ0) is 26.4. The maximum absolute atomic E-state index is 14.6. The molecule has 5 rings (SSSR count). The molecule has 4 heterocycles. The van der Waals surface area contributed by atoms with Crippen LogP contribution in [0.15, 0.2) is 24.4 Å². The van der Waals surface area contributed by atoms with E-state index < -0.39 is 30.6 Å². The van der Waals surface area contributed by atoms with Crippen molar-refractivity contribution in [1.82, 2.24) is 29.0 Å². The number of piperidine rings is 1. The number of hydrogen-bond donors (Lipinski definition) is 1. The Morgan fingerprint density at radius 2 is 1.92 bits per heavy atom. The zero-order valence-corrected chi connectivity index (χ0v) is 20.4. The maximum Gasteiger partial charge on any atom is 0.263 e. The summed E-state index contributed by atoms with van der Waals surface area (Å²) in [7, 11) is 1.74. The van der Waals surface area contributed by atoms with Crippen LogP contribution in [0, 0.1) is 25.6 Å². The number of aryl methyl sites for hydroxylation is 2. The Kier molecular flexibility index (Phi) is 6.91. The van der Waals surface area contributed by atoms with Crippen LogP contribution in [0.4, 0.5) is 27.9 Å². The Morgan fingerprint density at radius 3 is 2.56 bits per heavy atom. The topological polar surface area (TPSA) is 77.3 Å². The molecule has 0 spiro atoms. The van der Waals surface area contributed by atoms with Gasteiger partial charge in [0.1, 0.15) is 11.3 Å². The molecule has 0 aliphatic carbocycles. The second kappa shape index (κ2) is 9.64. The number of rotatable bonds is 3. The molecule has 1 aliphatic heterocycles. The number of halogens is 5. The van der Waals surface area contributed by atoms with Crippen LogP contribution in [0.3, 0.4) is 0 Å². The molecule has 0 radical (unpaired) electrons. The van der Waals surface area contributed by atoms with Crippen molar-refractivity contribution < 1.29 is 22.0 Å². The van der Waals surface area contributed by atoms with Gasteiger partial charge in [-0.3, -0.25) is 0 Å². The lowest BCUT2D eigenvalue weighted by Gasteiger charge is -2.34. The van der Waals surface area contributed by atoms with Crippen LogP contribution in [0.1, 0.15) is 24.9 Å². The van der Waals surface area contributed by atoms with Crippen molar-refractivity contribution in [2.45, 2.75) is 46.1 Å². The number of fused-ring (bicyclic) bond motifs is 2. The standard InChI is InChI=1S/C17H15F3N6.C7H13F2N/c1-8-16-11(3-4-26(16)24-17(21)22-8)10-5-12(18)15-13(6-10)25(7-14(19)20)9(2)23-15;1-6-3-4-10(2)5-7(6,8)9/h3-6,14H,7H2,1-2H3,(H2,21,24);6H,3-5H2,1-2H3. The van der Waals surface area contributed by atoms with Gasteiger partial charge >= 0.3 is 0 Å². The monoisotopic (exact) mass is 509 g/mol. The van der Waals surface area contributed by atoms with E-state index >= 15 is 0 Å². The van der Waals surface area contributed by atoms with Gasteiger partial charge in [0.25, 0.3) is 12.3 Å². The van der Waals surface area contributed by atoms with Crippen molar-refractivity contribution >= 4 is 22.5 Å². The summed E-state index contributed by atoms with van der Waals surface area (Å²) in [5.41, 5.74) is 8.58. The minimum absolute atomic E-state index is 0.0752. The summed E-state index contributed by atoms with van der Waals surface area (Å²) in [5, 5.41) is 4.10. The fraction of sp³-hybridized carbons (Fsp3) is 0.458. The number of likely N-dealkylation sites (tertiary alicyclic amines) is 1. The molecular weight excluding hydrogens is 481 g/mol. The predicted octanol–water partition coefficient (Wildman–Crippen LogP) is 4.94. The third kappa shape index (κ3) is 4.99. The largest absolute Gasteiger partial charge is 0.367 e. The number of nitrogen functional groups attached to an aromatic ring is 1. The van der Waals surface area contributed by atoms with Crippen LogP contribution in [0.25, 0.3) is 27.7 Å². The molecule has 1 aromatic carbocycles. The Labute approximate surface area is 204 Å². The number of nitrogens with two attached hydrogens (primary N) is 1. The molecule has 3 aromatic heterocycles. The molecule has 4 aromatic rings. The van der Waals surface area contributed by atoms with Gasteiger partial charge in [-0.2, -0.15) is 0 Å². The van der Waals surface area contributed by atoms with Gasteiger partial charge in [0, 0.05) is 17.7 Å². The number of alkyl halides is 4. The van der Waals surface area contributed by atoms with Gasteiger partial charge in [-0.05, 0) is 57.6 Å². The lowest BCUT2D eigenvalue weighted by molar-refractivity contribution is -0.0985. The molecule has 0 amide bonds. The van der Waals surface area contributed by atoms with Gasteiger partial charge in [-0.1, -0.05) is 6.92 Å². The average molecular weight is 510 g/mol. The summed E-state index contributed by atoms with van der Waals surface area (Å²) in [6, 6.07) is 4.76. The third-order valence-corrected chi connectivity index (χ3v) is 6.48. The molecule has 12 heteroatoms. The Hall–Kier alpha value is -3.28. The van der Waals surface area contributed by atoms with E-state index in [1.807, 2.05) is 0 Å². The first-order chi connectivity index (χ1) is 16.9. The summed E-state index contributed by atoms with van der Waals surface area (Å²) >= 11 is 0. The van der Waals surface area contributed by atoms with E-state index in [1.54, 1.807) is 55.6 Å². The van der Waals surface area contributed by atoms with E-state index in [1.165, 1.54) is 10.6 Å². The maximum atomic E-state index is 14.6. The Balaban J connectivity index is 0.000000256. The second-order valence-electron chi connectivity index (χ2n) is 9.25. The highest BCUT2D eigenvalue weighted by Gasteiger charge is 2.40. The van der Waals surface area contributed by atoms with E-state index in [-0.39, 0.29) is 18.0 Å². The molecule has 36 heavy (non-hydrogen) atoms. The number of aromatic nitrogens is 5. The molecular formula is C24H28F5N7. The smallest absolute Gasteiger partial charge is 0.263 e. The number of nitrogens with zero attached hydrogens (tertiary/aromatic N) is 6. The first-order valence-corrected chi connectivity index (χ1v) is 11.5. The van der Waals surface area contributed by atoms with Crippen molar-refractivity contribution in [3.8, 4) is 11.1 Å². The van der Waals surface area contributed by atoms with Crippen LogP contribution < -0.4 is 5.73 Å². The SMILES string of the molecule is CC1CCN(C)CC1(F)F.Cc1nc(N)nn2ccc(-c3cc(F)c4nc(C)n(CC(F)F)c4c3)c12. The quantitative estimate of drug-likeness (QED) is 0.396. The molecule has 0 bridgehead atoms. The summed E-state index contributed by atoms with van der Waals surface area (Å²) in [5.74, 6) is -3.01. The van der Waals surface area contributed by atoms with E-state index in [9.17, 15) is 22.0 Å². The van der Waals surface area contributed by atoms with Crippen LogP contribution in [0.2, 0.25) is 0 Å². The number of benzene rings is 1. The normalized spacial score (nSPS) is 18.1. The fourth-order valence-corrected chi connectivity index (χ4v) is 4.50. The first kappa shape index (κ1) is 25.8. The number of hydrogen-bond acceptors (Lipinski definition) is 5. The Morgan fingerprint density at radius 1 is 1.19 bits per heavy atom. The minimum Gasteiger partial charge on any atom is -0.367 e. The highest BCUT2D eigenvalue weighted by atomic mass is 19.3. The van der Waals surface area contributed by atoms with Crippen LogP contribution in [-0.4, -0.2) is 61.5 Å². The van der Waals surface area contributed by atoms with Gasteiger partial charge in [-0.15, -0.1) is 5.10 Å². The summed E-state index contributed by atoms with van der Waals surface area (Å²) < 4.78 is 68.9. The van der Waals surface area contributed by atoms with E-state index in [0.29, 0.717) is 40.1 Å². The van der Waals surface area contributed by atoms with Gasteiger partial charge in [0.15, 0.2) is 5.82 Å². The van der Waals surface area contributed by atoms with Crippen molar-refractivity contribution in [2.24, 2.45) is 5.92 Å². The first-order valence-electron chi connectivity index (χ1n) is 11.5. The molecule has 2 N–H and O–H groups in total. The second-order valence-corrected chi connectivity index (χ2v) is 9.25. The number of imidazole rings is 1. The average Bonchev–Trinajstić information content (AvgIpc) is 3.33. The van der Waals surface area contributed by atoms with Gasteiger partial charge in [0.05, 0.1) is 29.8 Å². The van der Waals surface area contributed by atoms with Crippen LogP contribution in [0.5, 0.6) is 0 Å². The fourth-order valence-electron chi connectivity index (χ4n) is 4.50. The van der Waals surface area contributed by atoms with Crippen molar-refractivity contribution in [3.63, 3.8) is 0 Å². The van der Waals surface area contributed by atoms with Crippen molar-refractivity contribution in [2.75, 3.05) is 25.9 Å². The zero-order valence-electron chi connectivity index (χ0n) is 20.4. The minimum atomic E-state index is -2.56. The number of anilines is 1. The molecule has 194 valence electrons. The van der Waals surface area contributed by atoms with Gasteiger partial charge in [-0.25, -0.2) is 36.4 Å². The molecule has 1 saturated heterocycles. The lowest BCUT2D eigenvalue weighted by Crippen LogP contribution is -2.45. The third-order valence-electron chi connectivity index (χ3n) is 6.48. The van der Waals surface area contributed by atoms with Crippen molar-refractivity contribution in [3.05, 3.63) is 41.7 Å². The van der Waals surface area contributed by atoms with Crippen molar-refractivity contribution in [1.29, 1.82) is 0 Å². The molecule has 1 atom stereocenters. The lowest BCUT2D eigenvalue weighted by atomic mass is 9.95. The summed E-state index contributed by atoms with van der Waals surface area (Å²) in [6.45, 7) is 5.16. The van der Waals surface area contributed by atoms with Crippen LogP contribution in [-0.2, 0) is 6.54 Å². The van der Waals surface area contributed by atoms with E-state index in [4.69, 9.17) is 5.73 Å². The highest BCUT2D eigenvalue weighted by Crippen LogP contribution is 2.33. The molecule has 7 nitrogen and oxygen atoms in total. The van der Waals surface area contributed by atoms with E-state index in [2.05, 4.69) is 15.1 Å². The molecule has 1 aliphatic rings. The summed E-state index contributed by atoms with van der Waals surface area (Å²) in [6.07, 6.45) is -0.255.